The minimum Gasteiger partial charge on any atom is -0.287 e. The smallest absolute Gasteiger partial charge is 0.287 e. The fourth-order valence-corrected chi connectivity index (χ4v) is 1.09. The second-order valence-corrected chi connectivity index (χ2v) is 2.56. The topological polar surface area (TPSA) is 24.9 Å². The molecule has 0 N–H and O–H groups in total. The summed E-state index contributed by atoms with van der Waals surface area (Å²) >= 11 is 0. The summed E-state index contributed by atoms with van der Waals surface area (Å²) < 4.78 is 3.81. The Morgan fingerprint density at radius 1 is 1.60 bits per heavy atom. The molecule has 0 spiro atoms. The van der Waals surface area contributed by atoms with Crippen molar-refractivity contribution in [1.82, 2.24) is 9.78 Å². The standard InChI is InChI=1S/C6H13N4/c1-8(2)6-9(3)5-7-10(6)4/h5H,1-4H3/q+1. The van der Waals surface area contributed by atoms with E-state index in [-0.39, 0.29) is 0 Å². The van der Waals surface area contributed by atoms with Crippen molar-refractivity contribution in [2.45, 2.75) is 0 Å². The quantitative estimate of drug-likeness (QED) is 0.484. The van der Waals surface area contributed by atoms with E-state index in [9.17, 15) is 0 Å². The van der Waals surface area contributed by atoms with E-state index in [1.54, 1.807) is 6.33 Å². The van der Waals surface area contributed by atoms with Gasteiger partial charge in [0.1, 0.15) is 0 Å². The van der Waals surface area contributed by atoms with Crippen LogP contribution < -0.4 is 9.47 Å². The normalized spacial score (nSPS) is 10.0. The van der Waals surface area contributed by atoms with Gasteiger partial charge in [0, 0.05) is 14.1 Å². The molecule has 1 rings (SSSR count). The van der Waals surface area contributed by atoms with Crippen molar-refractivity contribution in [3.05, 3.63) is 6.33 Å². The van der Waals surface area contributed by atoms with E-state index in [1.807, 2.05) is 42.3 Å². The van der Waals surface area contributed by atoms with Crippen molar-refractivity contribution in [2.75, 3.05) is 19.0 Å². The summed E-state index contributed by atoms with van der Waals surface area (Å²) in [6.07, 6.45) is 1.79. The van der Waals surface area contributed by atoms with Gasteiger partial charge in [-0.05, 0) is 5.10 Å². The second-order valence-electron chi connectivity index (χ2n) is 2.56. The Balaban J connectivity index is 3.10. The van der Waals surface area contributed by atoms with Crippen LogP contribution in [0.3, 0.4) is 0 Å². The van der Waals surface area contributed by atoms with E-state index >= 15 is 0 Å². The molecule has 0 aliphatic heterocycles. The number of hydrogen-bond acceptors (Lipinski definition) is 2. The van der Waals surface area contributed by atoms with Gasteiger partial charge in [0.25, 0.3) is 0 Å². The number of rotatable bonds is 1. The van der Waals surface area contributed by atoms with Crippen molar-refractivity contribution in [3.8, 4) is 0 Å². The zero-order valence-electron chi connectivity index (χ0n) is 6.87. The number of anilines is 1. The van der Waals surface area contributed by atoms with Gasteiger partial charge in [-0.15, -0.1) is 4.68 Å². The minimum atomic E-state index is 1.08. The highest BCUT2D eigenvalue weighted by Crippen LogP contribution is 1.97. The molecule has 0 bridgehead atoms. The van der Waals surface area contributed by atoms with Crippen LogP contribution in [-0.2, 0) is 14.1 Å². The van der Waals surface area contributed by atoms with Crippen LogP contribution in [0, 0.1) is 0 Å². The van der Waals surface area contributed by atoms with Crippen molar-refractivity contribution < 1.29 is 4.57 Å². The summed E-state index contributed by atoms with van der Waals surface area (Å²) in [5.41, 5.74) is 0. The van der Waals surface area contributed by atoms with Crippen molar-refractivity contribution >= 4 is 5.95 Å². The molecular formula is C6H13N4+. The Labute approximate surface area is 60.7 Å². The Hall–Kier alpha value is -1.06. The lowest BCUT2D eigenvalue weighted by Gasteiger charge is -2.04. The molecule has 4 heteroatoms. The molecule has 0 saturated heterocycles. The van der Waals surface area contributed by atoms with Crippen LogP contribution in [0.25, 0.3) is 0 Å². The highest BCUT2D eigenvalue weighted by molar-refractivity contribution is 5.18. The molecule has 0 unspecified atom stereocenters. The first kappa shape index (κ1) is 7.05. The Bertz CT molecular complexity index is 206. The molecule has 1 aromatic heterocycles. The van der Waals surface area contributed by atoms with E-state index in [1.165, 1.54) is 0 Å². The molecule has 0 radical (unpaired) electrons. The third-order valence-electron chi connectivity index (χ3n) is 1.40. The molecule has 0 aliphatic rings. The van der Waals surface area contributed by atoms with Crippen molar-refractivity contribution in [1.29, 1.82) is 0 Å². The largest absolute Gasteiger partial charge is 0.345 e. The third kappa shape index (κ3) is 0.964. The van der Waals surface area contributed by atoms with Gasteiger partial charge in [0.2, 0.25) is 6.33 Å². The Morgan fingerprint density at radius 2 is 2.20 bits per heavy atom. The van der Waals surface area contributed by atoms with Gasteiger partial charge in [-0.3, -0.25) is 4.90 Å². The lowest BCUT2D eigenvalue weighted by molar-refractivity contribution is -0.659. The fraction of sp³-hybridized carbons (Fsp3) is 0.667. The van der Waals surface area contributed by atoms with E-state index < -0.39 is 0 Å². The van der Waals surface area contributed by atoms with Gasteiger partial charge < -0.3 is 0 Å². The molecule has 0 amide bonds. The number of aromatic nitrogens is 3. The lowest BCUT2D eigenvalue weighted by atomic mass is 10.8. The number of aryl methyl sites for hydroxylation is 2. The van der Waals surface area contributed by atoms with Crippen LogP contribution in [0.2, 0.25) is 0 Å². The average molecular weight is 141 g/mol. The fourth-order valence-electron chi connectivity index (χ4n) is 1.09. The van der Waals surface area contributed by atoms with Crippen molar-refractivity contribution in [3.63, 3.8) is 0 Å². The minimum absolute atomic E-state index is 1.08. The van der Waals surface area contributed by atoms with Crippen LogP contribution in [0.1, 0.15) is 0 Å². The van der Waals surface area contributed by atoms with E-state index in [0.717, 1.165) is 5.95 Å². The first-order valence-electron chi connectivity index (χ1n) is 3.18. The maximum atomic E-state index is 4.08. The molecule has 56 valence electrons. The average Bonchev–Trinajstić information content (AvgIpc) is 2.11. The molecule has 0 fully saturated rings. The first-order valence-corrected chi connectivity index (χ1v) is 3.18. The van der Waals surface area contributed by atoms with E-state index in [4.69, 9.17) is 0 Å². The molecule has 0 aliphatic carbocycles. The second kappa shape index (κ2) is 2.28. The van der Waals surface area contributed by atoms with Crippen LogP contribution in [-0.4, -0.2) is 23.9 Å². The van der Waals surface area contributed by atoms with Crippen LogP contribution in [0.5, 0.6) is 0 Å². The predicted molar refractivity (Wildman–Crippen MR) is 38.7 cm³/mol. The summed E-state index contributed by atoms with van der Waals surface area (Å²) in [5, 5.41) is 4.08. The highest BCUT2D eigenvalue weighted by atomic mass is 15.4. The lowest BCUT2D eigenvalue weighted by Crippen LogP contribution is -2.34. The zero-order chi connectivity index (χ0) is 7.72. The number of nitrogens with zero attached hydrogens (tertiary/aromatic N) is 4. The molecule has 0 aromatic carbocycles. The van der Waals surface area contributed by atoms with Gasteiger partial charge in [0.05, 0.1) is 14.1 Å². The molecule has 0 saturated carbocycles. The summed E-state index contributed by atoms with van der Waals surface area (Å²) in [6, 6.07) is 0. The van der Waals surface area contributed by atoms with E-state index in [0.29, 0.717) is 0 Å². The van der Waals surface area contributed by atoms with Crippen molar-refractivity contribution in [2.24, 2.45) is 14.1 Å². The van der Waals surface area contributed by atoms with Gasteiger partial charge in [-0.25, -0.2) is 4.57 Å². The maximum absolute atomic E-state index is 4.08. The monoisotopic (exact) mass is 141 g/mol. The Morgan fingerprint density at radius 3 is 2.40 bits per heavy atom. The summed E-state index contributed by atoms with van der Waals surface area (Å²) in [6.45, 7) is 0. The van der Waals surface area contributed by atoms with Crippen LogP contribution in [0.4, 0.5) is 5.95 Å². The van der Waals surface area contributed by atoms with Crippen LogP contribution >= 0.6 is 0 Å². The molecule has 1 heterocycles. The Kier molecular flexibility index (Phi) is 1.61. The maximum Gasteiger partial charge on any atom is 0.345 e. The highest BCUT2D eigenvalue weighted by Gasteiger charge is 2.12. The molecule has 4 nitrogen and oxygen atoms in total. The van der Waals surface area contributed by atoms with Crippen LogP contribution in [0.15, 0.2) is 6.33 Å². The zero-order valence-corrected chi connectivity index (χ0v) is 6.87. The van der Waals surface area contributed by atoms with Gasteiger partial charge in [-0.2, -0.15) is 0 Å². The number of hydrogen-bond donors (Lipinski definition) is 0. The summed E-state index contributed by atoms with van der Waals surface area (Å²) in [4.78, 5) is 2.02. The molecule has 10 heavy (non-hydrogen) atoms. The predicted octanol–water partition coefficient (Wildman–Crippen LogP) is -0.689. The first-order chi connectivity index (χ1) is 4.63. The summed E-state index contributed by atoms with van der Waals surface area (Å²) in [7, 11) is 7.89. The SMILES string of the molecule is CN(C)c1n(C)nc[n+]1C. The molecular weight excluding hydrogens is 128 g/mol. The summed E-state index contributed by atoms with van der Waals surface area (Å²) in [5.74, 6) is 1.08. The van der Waals surface area contributed by atoms with Gasteiger partial charge in [-0.1, -0.05) is 0 Å². The van der Waals surface area contributed by atoms with E-state index in [2.05, 4.69) is 5.10 Å². The third-order valence-corrected chi connectivity index (χ3v) is 1.40. The van der Waals surface area contributed by atoms with Gasteiger partial charge in [0.15, 0.2) is 0 Å². The molecule has 1 aromatic rings. The molecule has 0 atom stereocenters. The van der Waals surface area contributed by atoms with Gasteiger partial charge >= 0.3 is 5.95 Å².